The van der Waals surface area contributed by atoms with Crippen molar-refractivity contribution in [3.8, 4) is 5.75 Å². The van der Waals surface area contributed by atoms with E-state index in [9.17, 15) is 9.90 Å². The lowest BCUT2D eigenvalue weighted by atomic mass is 10.0. The number of hydrogen-bond acceptors (Lipinski definition) is 3. The van der Waals surface area contributed by atoms with Crippen LogP contribution in [0.1, 0.15) is 31.4 Å². The fourth-order valence-corrected chi connectivity index (χ4v) is 2.73. The third kappa shape index (κ3) is 6.07. The summed E-state index contributed by atoms with van der Waals surface area (Å²) in [5.74, 6) is 0.201. The first kappa shape index (κ1) is 19.3. The third-order valence-corrected chi connectivity index (χ3v) is 4.23. The van der Waals surface area contributed by atoms with E-state index in [0.717, 1.165) is 16.9 Å². The highest BCUT2D eigenvalue weighted by Gasteiger charge is 2.18. The van der Waals surface area contributed by atoms with Crippen molar-refractivity contribution in [2.75, 3.05) is 0 Å². The molecule has 5 heteroatoms. The van der Waals surface area contributed by atoms with Gasteiger partial charge in [0.25, 0.3) is 0 Å². The lowest BCUT2D eigenvalue weighted by molar-refractivity contribution is -0.140. The molecule has 0 radical (unpaired) electrons. The highest BCUT2D eigenvalue weighted by atomic mass is 35.5. The van der Waals surface area contributed by atoms with E-state index in [1.807, 2.05) is 62.4 Å². The topological polar surface area (TPSA) is 58.6 Å². The Hall–Kier alpha value is -2.04. The van der Waals surface area contributed by atoms with E-state index in [1.165, 1.54) is 0 Å². The van der Waals surface area contributed by atoms with Crippen LogP contribution in [0.25, 0.3) is 0 Å². The van der Waals surface area contributed by atoms with Crippen molar-refractivity contribution in [2.45, 2.75) is 39.5 Å². The van der Waals surface area contributed by atoms with E-state index >= 15 is 0 Å². The molecule has 1 atom stereocenters. The molecule has 0 saturated heterocycles. The SMILES string of the molecule is CC(C)CC(NCc1ccccc1OCc1ccccc1Cl)C(=O)O. The van der Waals surface area contributed by atoms with E-state index in [1.54, 1.807) is 0 Å². The summed E-state index contributed by atoms with van der Waals surface area (Å²) in [6.07, 6.45) is 0.581. The maximum absolute atomic E-state index is 11.4. The number of carboxylic acid groups (broad SMARTS) is 1. The second-order valence-electron chi connectivity index (χ2n) is 6.39. The normalized spacial score (nSPS) is 12.2. The highest BCUT2D eigenvalue weighted by Crippen LogP contribution is 2.22. The lowest BCUT2D eigenvalue weighted by Gasteiger charge is -2.18. The summed E-state index contributed by atoms with van der Waals surface area (Å²) in [6.45, 7) is 4.82. The first-order valence-corrected chi connectivity index (χ1v) is 8.75. The zero-order valence-electron chi connectivity index (χ0n) is 14.5. The van der Waals surface area contributed by atoms with Gasteiger partial charge in [0.15, 0.2) is 0 Å². The number of benzene rings is 2. The van der Waals surface area contributed by atoms with Gasteiger partial charge in [-0.3, -0.25) is 4.79 Å². The van der Waals surface area contributed by atoms with Crippen molar-refractivity contribution in [3.05, 3.63) is 64.7 Å². The van der Waals surface area contributed by atoms with Gasteiger partial charge in [-0.2, -0.15) is 0 Å². The summed E-state index contributed by atoms with van der Waals surface area (Å²) in [5.41, 5.74) is 1.83. The molecular weight excluding hydrogens is 338 g/mol. The molecule has 134 valence electrons. The maximum atomic E-state index is 11.4. The second-order valence-corrected chi connectivity index (χ2v) is 6.80. The van der Waals surface area contributed by atoms with Crippen LogP contribution in [0.15, 0.2) is 48.5 Å². The number of carbonyl (C=O) groups is 1. The van der Waals surface area contributed by atoms with Crippen LogP contribution in [0.2, 0.25) is 5.02 Å². The average Bonchev–Trinajstić information content (AvgIpc) is 2.58. The minimum absolute atomic E-state index is 0.306. The predicted molar refractivity (Wildman–Crippen MR) is 99.9 cm³/mol. The molecule has 0 aliphatic heterocycles. The van der Waals surface area contributed by atoms with Crippen molar-refractivity contribution in [3.63, 3.8) is 0 Å². The van der Waals surface area contributed by atoms with Crippen LogP contribution in [0, 0.1) is 5.92 Å². The molecule has 0 aliphatic rings. The maximum Gasteiger partial charge on any atom is 0.320 e. The molecule has 0 aromatic heterocycles. The summed E-state index contributed by atoms with van der Waals surface area (Å²) in [5, 5.41) is 13.1. The number of nitrogens with one attached hydrogen (secondary N) is 1. The second kappa shape index (κ2) is 9.44. The molecule has 1 unspecified atom stereocenters. The summed E-state index contributed by atoms with van der Waals surface area (Å²) in [4.78, 5) is 11.4. The van der Waals surface area contributed by atoms with Gasteiger partial charge in [-0.05, 0) is 24.5 Å². The minimum Gasteiger partial charge on any atom is -0.489 e. The summed E-state index contributed by atoms with van der Waals surface area (Å²) in [7, 11) is 0. The Morgan fingerprint density at radius 2 is 1.76 bits per heavy atom. The molecule has 0 fully saturated rings. The van der Waals surface area contributed by atoms with Crippen LogP contribution in [-0.4, -0.2) is 17.1 Å². The van der Waals surface area contributed by atoms with Gasteiger partial charge < -0.3 is 15.2 Å². The Bertz CT molecular complexity index is 703. The van der Waals surface area contributed by atoms with Crippen LogP contribution in [0.3, 0.4) is 0 Å². The first-order chi connectivity index (χ1) is 12.0. The number of para-hydroxylation sites is 1. The number of aliphatic carboxylic acids is 1. The molecule has 0 heterocycles. The van der Waals surface area contributed by atoms with Crippen molar-refractivity contribution < 1.29 is 14.6 Å². The van der Waals surface area contributed by atoms with Crippen LogP contribution >= 0.6 is 11.6 Å². The fraction of sp³-hybridized carbons (Fsp3) is 0.350. The molecule has 0 spiro atoms. The van der Waals surface area contributed by atoms with Crippen molar-refractivity contribution in [1.82, 2.24) is 5.32 Å². The molecule has 0 bridgehead atoms. The molecule has 0 amide bonds. The number of halogens is 1. The Kier molecular flexibility index (Phi) is 7.29. The number of rotatable bonds is 9. The number of hydrogen-bond donors (Lipinski definition) is 2. The zero-order chi connectivity index (χ0) is 18.2. The fourth-order valence-electron chi connectivity index (χ4n) is 2.54. The van der Waals surface area contributed by atoms with E-state index in [4.69, 9.17) is 16.3 Å². The molecule has 2 rings (SSSR count). The van der Waals surface area contributed by atoms with Crippen molar-refractivity contribution in [1.29, 1.82) is 0 Å². The van der Waals surface area contributed by atoms with Gasteiger partial charge in [-0.15, -0.1) is 0 Å². The van der Waals surface area contributed by atoms with E-state index in [-0.39, 0.29) is 0 Å². The Morgan fingerprint density at radius 3 is 2.40 bits per heavy atom. The van der Waals surface area contributed by atoms with Gasteiger partial charge in [0.1, 0.15) is 18.4 Å². The van der Waals surface area contributed by atoms with E-state index in [2.05, 4.69) is 5.32 Å². The molecule has 2 aromatic carbocycles. The number of ether oxygens (including phenoxy) is 1. The Morgan fingerprint density at radius 1 is 1.12 bits per heavy atom. The van der Waals surface area contributed by atoms with Gasteiger partial charge >= 0.3 is 5.97 Å². The standard InChI is InChI=1S/C20H24ClNO3/c1-14(2)11-18(20(23)24)22-12-15-7-4-6-10-19(15)25-13-16-8-3-5-9-17(16)21/h3-10,14,18,22H,11-13H2,1-2H3,(H,23,24). The van der Waals surface area contributed by atoms with Gasteiger partial charge in [-0.1, -0.05) is 61.8 Å². The molecule has 2 aromatic rings. The summed E-state index contributed by atoms with van der Waals surface area (Å²) >= 11 is 6.16. The van der Waals surface area contributed by atoms with Gasteiger partial charge in [-0.25, -0.2) is 0 Å². The number of carboxylic acids is 1. The van der Waals surface area contributed by atoms with E-state index in [0.29, 0.717) is 30.5 Å². The molecule has 25 heavy (non-hydrogen) atoms. The monoisotopic (exact) mass is 361 g/mol. The van der Waals surface area contributed by atoms with Crippen LogP contribution in [0.5, 0.6) is 5.75 Å². The van der Waals surface area contributed by atoms with Crippen LogP contribution in [-0.2, 0) is 17.9 Å². The van der Waals surface area contributed by atoms with Crippen LogP contribution < -0.4 is 10.1 Å². The summed E-state index contributed by atoms with van der Waals surface area (Å²) in [6, 6.07) is 14.6. The predicted octanol–water partition coefficient (Wildman–Crippen LogP) is 4.51. The quantitative estimate of drug-likeness (QED) is 0.690. The lowest BCUT2D eigenvalue weighted by Crippen LogP contribution is -2.37. The third-order valence-electron chi connectivity index (χ3n) is 3.86. The van der Waals surface area contributed by atoms with Gasteiger partial charge in [0, 0.05) is 22.7 Å². The van der Waals surface area contributed by atoms with Gasteiger partial charge in [0.2, 0.25) is 0 Å². The highest BCUT2D eigenvalue weighted by molar-refractivity contribution is 6.31. The molecule has 4 nitrogen and oxygen atoms in total. The Balaban J connectivity index is 2.02. The Labute approximate surface area is 153 Å². The first-order valence-electron chi connectivity index (χ1n) is 8.37. The minimum atomic E-state index is -0.830. The van der Waals surface area contributed by atoms with Crippen LogP contribution in [0.4, 0.5) is 0 Å². The molecule has 0 saturated carbocycles. The van der Waals surface area contributed by atoms with E-state index < -0.39 is 12.0 Å². The molecule has 0 aliphatic carbocycles. The van der Waals surface area contributed by atoms with Gasteiger partial charge in [0.05, 0.1) is 0 Å². The molecule has 2 N–H and O–H groups in total. The van der Waals surface area contributed by atoms with Crippen molar-refractivity contribution in [2.24, 2.45) is 5.92 Å². The molecular formula is C20H24ClNO3. The average molecular weight is 362 g/mol. The zero-order valence-corrected chi connectivity index (χ0v) is 15.3. The smallest absolute Gasteiger partial charge is 0.320 e. The largest absolute Gasteiger partial charge is 0.489 e. The summed E-state index contributed by atoms with van der Waals surface area (Å²) < 4.78 is 5.91. The van der Waals surface area contributed by atoms with Crippen molar-refractivity contribution >= 4 is 17.6 Å².